The van der Waals surface area contributed by atoms with Gasteiger partial charge in [-0.25, -0.2) is 41.9 Å². The first kappa shape index (κ1) is 51.3. The van der Waals surface area contributed by atoms with Gasteiger partial charge in [0, 0.05) is 6.42 Å². The summed E-state index contributed by atoms with van der Waals surface area (Å²) in [4.78, 5) is 75.3. The molecule has 4 amide bonds. The van der Waals surface area contributed by atoms with Gasteiger partial charge in [0.05, 0.1) is 20.4 Å². The maximum atomic E-state index is 13.7. The van der Waals surface area contributed by atoms with Crippen molar-refractivity contribution in [3.63, 3.8) is 0 Å². The first-order valence-electron chi connectivity index (χ1n) is 17.0. The number of carbonyl (C=O) groups excluding carboxylic acids is 6. The number of amides is 4. The summed E-state index contributed by atoms with van der Waals surface area (Å²) in [5.41, 5.74) is -3.84. The van der Waals surface area contributed by atoms with Crippen LogP contribution in [0.3, 0.4) is 0 Å². The Morgan fingerprint density at radius 3 is 1.08 bits per heavy atom. The second kappa shape index (κ2) is 21.2. The summed E-state index contributed by atoms with van der Waals surface area (Å²) < 4.78 is 70.5. The van der Waals surface area contributed by atoms with Crippen molar-refractivity contribution in [1.82, 2.24) is 9.80 Å². The summed E-state index contributed by atoms with van der Waals surface area (Å²) >= 11 is 0. The molecule has 0 saturated heterocycles. The van der Waals surface area contributed by atoms with Crippen LogP contribution < -0.4 is 0 Å². The Bertz CT molecular complexity index is 1160. The zero-order chi connectivity index (χ0) is 42.3. The molecule has 0 heterocycles. The second-order valence-corrected chi connectivity index (χ2v) is 15.9. The Kier molecular flexibility index (Phi) is 20.5. The third-order valence-electron chi connectivity index (χ3n) is 6.14. The van der Waals surface area contributed by atoms with Crippen LogP contribution in [0.25, 0.3) is 0 Å². The van der Waals surface area contributed by atoms with Gasteiger partial charge in [-0.1, -0.05) is 6.92 Å². The van der Waals surface area contributed by atoms with E-state index in [1.807, 2.05) is 0 Å². The highest BCUT2D eigenvalue weighted by atomic mass is 19.3. The number of carbonyl (C=O) groups is 6. The molecule has 0 aliphatic rings. The van der Waals surface area contributed by atoms with E-state index in [-0.39, 0.29) is 19.3 Å². The van der Waals surface area contributed by atoms with Crippen LogP contribution in [0.5, 0.6) is 0 Å². The number of ether oxygens (including phenoxy) is 6. The highest BCUT2D eigenvalue weighted by molar-refractivity contribution is 5.95. The third kappa shape index (κ3) is 22.1. The maximum Gasteiger partial charge on any atom is 0.420 e. The van der Waals surface area contributed by atoms with E-state index >= 15 is 0 Å². The molecule has 0 aromatic rings. The first-order valence-corrected chi connectivity index (χ1v) is 17.0. The third-order valence-corrected chi connectivity index (χ3v) is 6.14. The number of aliphatic hydroxyl groups excluding tert-OH is 1. The van der Waals surface area contributed by atoms with Gasteiger partial charge in [-0.15, -0.1) is 0 Å². The number of esters is 2. The number of nitrogens with zero attached hydrogens (tertiary/aromatic N) is 2. The fourth-order valence-corrected chi connectivity index (χ4v) is 3.85. The number of imide groups is 2. The molecule has 0 aromatic carbocycles. The molecular formula is C35H61F3N2O13. The monoisotopic (exact) mass is 774 g/mol. The molecule has 310 valence electrons. The zero-order valence-electron chi connectivity index (χ0n) is 33.8. The summed E-state index contributed by atoms with van der Waals surface area (Å²) in [5.74, 6) is -5.44. The molecule has 0 rings (SSSR count). The van der Waals surface area contributed by atoms with E-state index in [0.29, 0.717) is 9.80 Å². The number of halogens is 3. The Labute approximate surface area is 311 Å². The van der Waals surface area contributed by atoms with Crippen molar-refractivity contribution in [2.75, 3.05) is 20.8 Å². The molecule has 1 N–H and O–H groups in total. The predicted molar refractivity (Wildman–Crippen MR) is 186 cm³/mol. The normalized spacial score (nSPS) is 13.9. The van der Waals surface area contributed by atoms with Crippen molar-refractivity contribution < 1.29 is 75.5 Å². The molecule has 0 fully saturated rings. The lowest BCUT2D eigenvalue weighted by molar-refractivity contribution is -0.148. The van der Waals surface area contributed by atoms with Crippen LogP contribution in [0.1, 0.15) is 122 Å². The van der Waals surface area contributed by atoms with E-state index < -0.39 is 102 Å². The summed E-state index contributed by atoms with van der Waals surface area (Å²) in [5, 5.41) is 8.70. The van der Waals surface area contributed by atoms with Crippen molar-refractivity contribution >= 4 is 36.3 Å². The van der Waals surface area contributed by atoms with Gasteiger partial charge in [0.25, 0.3) is 5.92 Å². The summed E-state index contributed by atoms with van der Waals surface area (Å²) in [6, 6.07) is -3.05. The van der Waals surface area contributed by atoms with E-state index in [1.165, 1.54) is 41.5 Å². The summed E-state index contributed by atoms with van der Waals surface area (Å²) in [6.45, 7) is 19.2. The van der Waals surface area contributed by atoms with Crippen LogP contribution in [-0.4, -0.2) is 119 Å². The van der Waals surface area contributed by atoms with Gasteiger partial charge >= 0.3 is 36.3 Å². The fraction of sp³-hybridized carbons (Fsp3) is 0.829. The highest BCUT2D eigenvalue weighted by Gasteiger charge is 2.43. The number of hydrogen-bond donors (Lipinski definition) is 1. The smallest absolute Gasteiger partial charge is 0.420 e. The number of rotatable bonds is 12. The topological polar surface area (TPSA) is 185 Å². The SMILES string of the molecule is CCC(F)CC[C@@H](C(=O)OC)N(C(=O)OC(C)(C)C)C(=O)OC(C)(C)C.COC(=O)[C@H](CCC(F)(F)CO)N(C(=O)OC(C)(C)C)C(=O)OC(C)(C)C. The van der Waals surface area contributed by atoms with Crippen molar-refractivity contribution in [3.05, 3.63) is 0 Å². The van der Waals surface area contributed by atoms with Crippen LogP contribution in [-0.2, 0) is 38.0 Å². The van der Waals surface area contributed by atoms with Crippen LogP contribution >= 0.6 is 0 Å². The van der Waals surface area contributed by atoms with Gasteiger partial charge in [0.15, 0.2) is 0 Å². The van der Waals surface area contributed by atoms with E-state index in [2.05, 4.69) is 4.74 Å². The van der Waals surface area contributed by atoms with Crippen LogP contribution in [0.4, 0.5) is 32.3 Å². The Morgan fingerprint density at radius 1 is 0.566 bits per heavy atom. The molecule has 0 aromatic heterocycles. The average molecular weight is 775 g/mol. The average Bonchev–Trinajstić information content (AvgIpc) is 2.96. The summed E-state index contributed by atoms with van der Waals surface area (Å²) in [7, 11) is 2.12. The van der Waals surface area contributed by atoms with Crippen LogP contribution in [0, 0.1) is 0 Å². The maximum absolute atomic E-state index is 13.7. The minimum Gasteiger partial charge on any atom is -0.467 e. The lowest BCUT2D eigenvalue weighted by Gasteiger charge is -2.32. The molecule has 3 atom stereocenters. The molecule has 0 aliphatic heterocycles. The van der Waals surface area contributed by atoms with Crippen LogP contribution in [0.15, 0.2) is 0 Å². The van der Waals surface area contributed by atoms with Crippen molar-refractivity contribution in [1.29, 1.82) is 0 Å². The molecule has 1 unspecified atom stereocenters. The summed E-state index contributed by atoms with van der Waals surface area (Å²) in [6.07, 6.45) is -7.21. The van der Waals surface area contributed by atoms with Crippen molar-refractivity contribution in [2.24, 2.45) is 0 Å². The molecule has 0 aliphatic carbocycles. The van der Waals surface area contributed by atoms with E-state index in [0.717, 1.165) is 14.2 Å². The Morgan fingerprint density at radius 2 is 0.849 bits per heavy atom. The number of alkyl halides is 3. The quantitative estimate of drug-likeness (QED) is 0.154. The molecule has 15 nitrogen and oxygen atoms in total. The molecule has 0 saturated carbocycles. The standard InChI is InChI=1S/C18H32FNO6.C17H29F2NO7/c1-9-12(19)10-11-13(14(21)24-8)20(15(22)25-17(2,3)4)16(23)26-18(5,6)7;1-15(2,3)26-13(23)20(14(24)27-16(4,5)6)11(12(22)25-7)8-9-17(18,19)10-21/h12-13H,9-11H2,1-8H3;11,21H,8-10H2,1-7H3/t12?,13-;11-/m00/s1. The van der Waals surface area contributed by atoms with Gasteiger partial charge in [0.1, 0.15) is 41.1 Å². The van der Waals surface area contributed by atoms with E-state index in [4.69, 9.17) is 28.8 Å². The molecule has 0 spiro atoms. The van der Waals surface area contributed by atoms with Crippen molar-refractivity contribution in [3.8, 4) is 0 Å². The van der Waals surface area contributed by atoms with Gasteiger partial charge in [-0.2, -0.15) is 9.80 Å². The molecular weight excluding hydrogens is 713 g/mol. The minimum atomic E-state index is -3.50. The van der Waals surface area contributed by atoms with Crippen molar-refractivity contribution in [2.45, 2.75) is 169 Å². The first-order chi connectivity index (χ1) is 23.7. The Balaban J connectivity index is 0. The zero-order valence-corrected chi connectivity index (χ0v) is 33.8. The predicted octanol–water partition coefficient (Wildman–Crippen LogP) is 7.34. The van der Waals surface area contributed by atoms with E-state index in [1.54, 1.807) is 48.5 Å². The largest absolute Gasteiger partial charge is 0.467 e. The Hall–Kier alpha value is -3.83. The highest BCUT2D eigenvalue weighted by Crippen LogP contribution is 2.26. The van der Waals surface area contributed by atoms with Gasteiger partial charge in [-0.3, -0.25) is 0 Å². The van der Waals surface area contributed by atoms with Crippen LogP contribution in [0.2, 0.25) is 0 Å². The number of hydrogen-bond acceptors (Lipinski definition) is 13. The number of aliphatic hydroxyl groups is 1. The molecule has 0 bridgehead atoms. The molecule has 0 radical (unpaired) electrons. The van der Waals surface area contributed by atoms with Gasteiger partial charge < -0.3 is 33.5 Å². The lowest BCUT2D eigenvalue weighted by Crippen LogP contribution is -2.52. The molecule has 53 heavy (non-hydrogen) atoms. The second-order valence-electron chi connectivity index (χ2n) is 15.9. The van der Waals surface area contributed by atoms with E-state index in [9.17, 15) is 41.9 Å². The lowest BCUT2D eigenvalue weighted by atomic mass is 10.1. The number of methoxy groups -OCH3 is 2. The molecule has 18 heteroatoms. The fourth-order valence-electron chi connectivity index (χ4n) is 3.85. The minimum absolute atomic E-state index is 0.0155. The van der Waals surface area contributed by atoms with Gasteiger partial charge in [0.2, 0.25) is 0 Å². The van der Waals surface area contributed by atoms with Gasteiger partial charge in [-0.05, 0) is 109 Å².